The fraction of sp³-hybridized carbons (Fsp3) is 0.462. The van der Waals surface area contributed by atoms with Crippen LogP contribution in [0.25, 0.3) is 0 Å². The first-order valence-electron chi connectivity index (χ1n) is 5.91. The van der Waals surface area contributed by atoms with Crippen molar-refractivity contribution in [2.24, 2.45) is 0 Å². The van der Waals surface area contributed by atoms with Crippen LogP contribution in [0, 0.1) is 0 Å². The van der Waals surface area contributed by atoms with Crippen LogP contribution < -0.4 is 15.6 Å². The predicted molar refractivity (Wildman–Crippen MR) is 69.6 cm³/mol. The fourth-order valence-corrected chi connectivity index (χ4v) is 1.29. The molecule has 1 amide bonds. The number of benzene rings is 1. The van der Waals surface area contributed by atoms with Gasteiger partial charge < -0.3 is 9.47 Å². The lowest BCUT2D eigenvalue weighted by atomic mass is 10.2. The van der Waals surface area contributed by atoms with Crippen LogP contribution in [0.3, 0.4) is 0 Å². The van der Waals surface area contributed by atoms with Crippen molar-refractivity contribution in [3.8, 4) is 5.75 Å². The Balaban J connectivity index is 2.65. The van der Waals surface area contributed by atoms with E-state index in [-0.39, 0.29) is 11.9 Å². The average molecular weight is 252 g/mol. The molecule has 2 N–H and O–H groups in total. The molecular formula is C13H20N2O3. The van der Waals surface area contributed by atoms with Crippen LogP contribution in [-0.2, 0) is 4.74 Å². The second kappa shape index (κ2) is 7.68. The predicted octanol–water partition coefficient (Wildman–Crippen LogP) is 1.35. The van der Waals surface area contributed by atoms with Crippen molar-refractivity contribution in [3.63, 3.8) is 0 Å². The summed E-state index contributed by atoms with van der Waals surface area (Å²) in [6, 6.07) is 7.29. The number of carbonyl (C=O) groups excluding carboxylic acids is 1. The quantitative estimate of drug-likeness (QED) is 0.568. The maximum Gasteiger partial charge on any atom is 0.269 e. The van der Waals surface area contributed by atoms with E-state index in [1.165, 1.54) is 0 Å². The minimum Gasteiger partial charge on any atom is -0.490 e. The van der Waals surface area contributed by atoms with Gasteiger partial charge in [-0.25, -0.2) is 5.43 Å². The molecule has 0 aliphatic carbocycles. The number of hydrogen-bond donors (Lipinski definition) is 2. The highest BCUT2D eigenvalue weighted by Crippen LogP contribution is 2.17. The van der Waals surface area contributed by atoms with Gasteiger partial charge in [0.15, 0.2) is 0 Å². The molecule has 5 nitrogen and oxygen atoms in total. The minimum absolute atomic E-state index is 0.176. The van der Waals surface area contributed by atoms with Gasteiger partial charge in [-0.05, 0) is 26.0 Å². The molecule has 0 unspecified atom stereocenters. The van der Waals surface area contributed by atoms with Crippen LogP contribution in [0.15, 0.2) is 24.3 Å². The van der Waals surface area contributed by atoms with Crippen molar-refractivity contribution < 1.29 is 14.3 Å². The Morgan fingerprint density at radius 1 is 1.28 bits per heavy atom. The molecular weight excluding hydrogens is 232 g/mol. The SMILES string of the molecule is COCCOc1ccccc1C(=O)NNC(C)C. The molecule has 1 aromatic rings. The van der Waals surface area contributed by atoms with E-state index < -0.39 is 0 Å². The lowest BCUT2D eigenvalue weighted by Gasteiger charge is -2.13. The number of carbonyl (C=O) groups is 1. The van der Waals surface area contributed by atoms with Crippen LogP contribution in [-0.4, -0.2) is 32.3 Å². The molecule has 0 saturated heterocycles. The summed E-state index contributed by atoms with van der Waals surface area (Å²) in [6.45, 7) is 4.79. The maximum absolute atomic E-state index is 11.9. The third-order valence-corrected chi connectivity index (χ3v) is 2.15. The number of nitrogens with one attached hydrogen (secondary N) is 2. The van der Waals surface area contributed by atoms with E-state index in [9.17, 15) is 4.79 Å². The summed E-state index contributed by atoms with van der Waals surface area (Å²) in [5, 5.41) is 0. The second-order valence-corrected chi connectivity index (χ2v) is 4.09. The zero-order chi connectivity index (χ0) is 13.4. The zero-order valence-electron chi connectivity index (χ0n) is 11.0. The molecule has 0 atom stereocenters. The molecule has 0 radical (unpaired) electrons. The van der Waals surface area contributed by atoms with Crippen LogP contribution in [0.1, 0.15) is 24.2 Å². The molecule has 0 bridgehead atoms. The van der Waals surface area contributed by atoms with Gasteiger partial charge in [0.05, 0.1) is 12.2 Å². The number of amides is 1. The molecule has 0 fully saturated rings. The molecule has 1 aromatic carbocycles. The summed E-state index contributed by atoms with van der Waals surface area (Å²) in [6.07, 6.45) is 0. The number of rotatable bonds is 7. The number of hydrazine groups is 1. The number of methoxy groups -OCH3 is 1. The molecule has 0 saturated carbocycles. The van der Waals surface area contributed by atoms with Crippen molar-refractivity contribution in [2.75, 3.05) is 20.3 Å². The number of hydrogen-bond acceptors (Lipinski definition) is 4. The monoisotopic (exact) mass is 252 g/mol. The lowest BCUT2D eigenvalue weighted by Crippen LogP contribution is -2.41. The minimum atomic E-state index is -0.211. The van der Waals surface area contributed by atoms with Crippen LogP contribution in [0.5, 0.6) is 5.75 Å². The molecule has 18 heavy (non-hydrogen) atoms. The Morgan fingerprint density at radius 3 is 2.67 bits per heavy atom. The first kappa shape index (κ1) is 14.5. The van der Waals surface area contributed by atoms with E-state index in [4.69, 9.17) is 9.47 Å². The van der Waals surface area contributed by atoms with E-state index >= 15 is 0 Å². The molecule has 0 aromatic heterocycles. The van der Waals surface area contributed by atoms with Gasteiger partial charge in [-0.1, -0.05) is 12.1 Å². The van der Waals surface area contributed by atoms with Gasteiger partial charge in [0, 0.05) is 13.2 Å². The van der Waals surface area contributed by atoms with Gasteiger partial charge in [-0.3, -0.25) is 10.2 Å². The van der Waals surface area contributed by atoms with Crippen LogP contribution in [0.4, 0.5) is 0 Å². The summed E-state index contributed by atoms with van der Waals surface area (Å²) in [5.74, 6) is 0.342. The average Bonchev–Trinajstić information content (AvgIpc) is 2.37. The number of para-hydroxylation sites is 1. The van der Waals surface area contributed by atoms with Gasteiger partial charge in [-0.2, -0.15) is 0 Å². The summed E-state index contributed by atoms with van der Waals surface area (Å²) in [7, 11) is 1.61. The van der Waals surface area contributed by atoms with Crippen molar-refractivity contribution >= 4 is 5.91 Å². The van der Waals surface area contributed by atoms with E-state index in [2.05, 4.69) is 10.9 Å². The van der Waals surface area contributed by atoms with Crippen molar-refractivity contribution in [1.82, 2.24) is 10.9 Å². The Labute approximate surface area is 107 Å². The Hall–Kier alpha value is -1.59. The largest absolute Gasteiger partial charge is 0.490 e. The Bertz CT molecular complexity index is 380. The van der Waals surface area contributed by atoms with Gasteiger partial charge >= 0.3 is 0 Å². The third-order valence-electron chi connectivity index (χ3n) is 2.15. The van der Waals surface area contributed by atoms with Gasteiger partial charge in [0.1, 0.15) is 12.4 Å². The summed E-state index contributed by atoms with van der Waals surface area (Å²) in [5.41, 5.74) is 5.99. The highest BCUT2D eigenvalue weighted by molar-refractivity contribution is 5.96. The second-order valence-electron chi connectivity index (χ2n) is 4.09. The van der Waals surface area contributed by atoms with E-state index in [1.54, 1.807) is 25.3 Å². The highest BCUT2D eigenvalue weighted by Gasteiger charge is 2.11. The fourth-order valence-electron chi connectivity index (χ4n) is 1.29. The summed E-state index contributed by atoms with van der Waals surface area (Å²) >= 11 is 0. The van der Waals surface area contributed by atoms with E-state index in [0.717, 1.165) is 0 Å². The normalized spacial score (nSPS) is 10.4. The Kier molecular flexibility index (Phi) is 6.18. The van der Waals surface area contributed by atoms with Crippen molar-refractivity contribution in [1.29, 1.82) is 0 Å². The highest BCUT2D eigenvalue weighted by atomic mass is 16.5. The molecule has 100 valence electrons. The number of ether oxygens (including phenoxy) is 2. The molecule has 0 spiro atoms. The van der Waals surface area contributed by atoms with E-state index in [1.807, 2.05) is 19.9 Å². The molecule has 0 aliphatic rings. The molecule has 0 heterocycles. The molecule has 1 rings (SSSR count). The van der Waals surface area contributed by atoms with Gasteiger partial charge in [0.2, 0.25) is 0 Å². The van der Waals surface area contributed by atoms with Crippen LogP contribution >= 0.6 is 0 Å². The van der Waals surface area contributed by atoms with Gasteiger partial charge in [0.25, 0.3) is 5.91 Å². The maximum atomic E-state index is 11.9. The lowest BCUT2D eigenvalue weighted by molar-refractivity contribution is 0.0920. The van der Waals surface area contributed by atoms with Gasteiger partial charge in [-0.15, -0.1) is 0 Å². The zero-order valence-corrected chi connectivity index (χ0v) is 11.0. The Morgan fingerprint density at radius 2 is 2.00 bits per heavy atom. The van der Waals surface area contributed by atoms with Crippen LogP contribution in [0.2, 0.25) is 0 Å². The molecule has 5 heteroatoms. The smallest absolute Gasteiger partial charge is 0.269 e. The first-order chi connectivity index (χ1) is 8.65. The first-order valence-corrected chi connectivity index (χ1v) is 5.91. The van der Waals surface area contributed by atoms with Crippen molar-refractivity contribution in [2.45, 2.75) is 19.9 Å². The summed E-state index contributed by atoms with van der Waals surface area (Å²) < 4.78 is 10.4. The summed E-state index contributed by atoms with van der Waals surface area (Å²) in [4.78, 5) is 11.9. The molecule has 0 aliphatic heterocycles. The third kappa shape index (κ3) is 4.73. The topological polar surface area (TPSA) is 59.6 Å². The standard InChI is InChI=1S/C13H20N2O3/c1-10(2)14-15-13(16)11-6-4-5-7-12(11)18-9-8-17-3/h4-7,10,14H,8-9H2,1-3H3,(H,15,16). The van der Waals surface area contributed by atoms with Crippen molar-refractivity contribution in [3.05, 3.63) is 29.8 Å². The van der Waals surface area contributed by atoms with E-state index in [0.29, 0.717) is 24.5 Å².